The average Bonchev–Trinajstić information content (AvgIpc) is 3.00. The molecule has 0 saturated carbocycles. The molecule has 2 rings (SSSR count). The van der Waals surface area contributed by atoms with Gasteiger partial charge in [0.25, 0.3) is 5.91 Å². The van der Waals surface area contributed by atoms with Crippen LogP contribution in [0, 0.1) is 0 Å². The van der Waals surface area contributed by atoms with Crippen LogP contribution >= 0.6 is 0 Å². The SMILES string of the molecule is COC[C@H](Cc1ccccc1)N(C)C(=O)c1ccc[nH]1. The van der Waals surface area contributed by atoms with Crippen LogP contribution in [0.2, 0.25) is 0 Å². The Hall–Kier alpha value is -2.07. The number of likely N-dealkylation sites (N-methyl/N-ethyl adjacent to an activating group) is 1. The first-order valence-electron chi connectivity index (χ1n) is 6.65. The fraction of sp³-hybridized carbons (Fsp3) is 0.312. The first-order chi connectivity index (χ1) is 9.72. The number of rotatable bonds is 6. The van der Waals surface area contributed by atoms with E-state index in [4.69, 9.17) is 4.74 Å². The zero-order valence-electron chi connectivity index (χ0n) is 11.9. The molecule has 106 valence electrons. The number of H-pyrrole nitrogens is 1. The van der Waals surface area contributed by atoms with Gasteiger partial charge >= 0.3 is 0 Å². The van der Waals surface area contributed by atoms with Crippen molar-refractivity contribution in [3.05, 3.63) is 59.9 Å². The predicted molar refractivity (Wildman–Crippen MR) is 78.7 cm³/mol. The van der Waals surface area contributed by atoms with Gasteiger partial charge < -0.3 is 14.6 Å². The summed E-state index contributed by atoms with van der Waals surface area (Å²) in [6.07, 6.45) is 2.53. The molecule has 1 atom stereocenters. The summed E-state index contributed by atoms with van der Waals surface area (Å²) >= 11 is 0. The predicted octanol–water partition coefficient (Wildman–Crippen LogP) is 2.34. The van der Waals surface area contributed by atoms with E-state index >= 15 is 0 Å². The molecule has 0 unspecified atom stereocenters. The monoisotopic (exact) mass is 272 g/mol. The van der Waals surface area contributed by atoms with Crippen LogP contribution in [-0.2, 0) is 11.2 Å². The third kappa shape index (κ3) is 3.48. The molecule has 1 heterocycles. The Morgan fingerprint density at radius 3 is 2.60 bits per heavy atom. The topological polar surface area (TPSA) is 45.3 Å². The van der Waals surface area contributed by atoms with E-state index in [9.17, 15) is 4.79 Å². The van der Waals surface area contributed by atoms with E-state index in [1.54, 1.807) is 24.3 Å². The fourth-order valence-corrected chi connectivity index (χ4v) is 2.21. The molecule has 1 N–H and O–H groups in total. The Kier molecular flexibility index (Phi) is 4.96. The van der Waals surface area contributed by atoms with E-state index in [2.05, 4.69) is 17.1 Å². The molecule has 0 spiro atoms. The lowest BCUT2D eigenvalue weighted by molar-refractivity contribution is 0.0600. The van der Waals surface area contributed by atoms with Crippen molar-refractivity contribution in [3.63, 3.8) is 0 Å². The molecule has 1 aromatic heterocycles. The van der Waals surface area contributed by atoms with Crippen molar-refractivity contribution in [1.29, 1.82) is 0 Å². The molecule has 20 heavy (non-hydrogen) atoms. The second kappa shape index (κ2) is 6.91. The summed E-state index contributed by atoms with van der Waals surface area (Å²) < 4.78 is 5.26. The van der Waals surface area contributed by atoms with Crippen molar-refractivity contribution in [3.8, 4) is 0 Å². The van der Waals surface area contributed by atoms with Gasteiger partial charge in [0, 0.05) is 20.4 Å². The number of amides is 1. The summed E-state index contributed by atoms with van der Waals surface area (Å²) in [5.74, 6) is -0.0204. The number of benzene rings is 1. The van der Waals surface area contributed by atoms with Gasteiger partial charge in [-0.15, -0.1) is 0 Å². The van der Waals surface area contributed by atoms with E-state index < -0.39 is 0 Å². The normalized spacial score (nSPS) is 12.1. The number of carbonyl (C=O) groups excluding carboxylic acids is 1. The molecular weight excluding hydrogens is 252 g/mol. The third-order valence-electron chi connectivity index (χ3n) is 3.37. The van der Waals surface area contributed by atoms with Gasteiger partial charge in [-0.1, -0.05) is 30.3 Å². The van der Waals surface area contributed by atoms with Crippen molar-refractivity contribution in [1.82, 2.24) is 9.88 Å². The van der Waals surface area contributed by atoms with Gasteiger partial charge in [0.05, 0.1) is 12.6 Å². The maximum Gasteiger partial charge on any atom is 0.270 e. The summed E-state index contributed by atoms with van der Waals surface area (Å²) in [6.45, 7) is 0.512. The van der Waals surface area contributed by atoms with Gasteiger partial charge in [-0.05, 0) is 24.1 Å². The second-order valence-corrected chi connectivity index (χ2v) is 4.80. The zero-order chi connectivity index (χ0) is 14.4. The van der Waals surface area contributed by atoms with Crippen LogP contribution in [0.1, 0.15) is 16.1 Å². The van der Waals surface area contributed by atoms with Crippen LogP contribution in [0.5, 0.6) is 0 Å². The molecule has 1 aromatic carbocycles. The molecule has 0 aliphatic rings. The Bertz CT molecular complexity index is 523. The lowest BCUT2D eigenvalue weighted by Crippen LogP contribution is -2.41. The van der Waals surface area contributed by atoms with E-state index in [0.29, 0.717) is 12.3 Å². The number of hydrogen-bond acceptors (Lipinski definition) is 2. The number of aromatic amines is 1. The van der Waals surface area contributed by atoms with Crippen molar-refractivity contribution in [2.24, 2.45) is 0 Å². The highest BCUT2D eigenvalue weighted by atomic mass is 16.5. The van der Waals surface area contributed by atoms with Gasteiger partial charge in [0.2, 0.25) is 0 Å². The highest BCUT2D eigenvalue weighted by Crippen LogP contribution is 2.11. The first-order valence-corrected chi connectivity index (χ1v) is 6.65. The second-order valence-electron chi connectivity index (χ2n) is 4.80. The van der Waals surface area contributed by atoms with Crippen LogP contribution in [0.3, 0.4) is 0 Å². The Morgan fingerprint density at radius 2 is 2.00 bits per heavy atom. The molecule has 2 aromatic rings. The molecule has 0 saturated heterocycles. The number of hydrogen-bond donors (Lipinski definition) is 1. The average molecular weight is 272 g/mol. The van der Waals surface area contributed by atoms with Crippen molar-refractivity contribution < 1.29 is 9.53 Å². The largest absolute Gasteiger partial charge is 0.383 e. The highest BCUT2D eigenvalue weighted by Gasteiger charge is 2.21. The van der Waals surface area contributed by atoms with Crippen LogP contribution in [-0.4, -0.2) is 42.6 Å². The van der Waals surface area contributed by atoms with E-state index in [-0.39, 0.29) is 11.9 Å². The molecule has 0 aliphatic heterocycles. The van der Waals surface area contributed by atoms with Crippen molar-refractivity contribution in [2.45, 2.75) is 12.5 Å². The number of ether oxygens (including phenoxy) is 1. The summed E-state index contributed by atoms with van der Waals surface area (Å²) in [5.41, 5.74) is 1.79. The number of methoxy groups -OCH3 is 1. The Morgan fingerprint density at radius 1 is 1.25 bits per heavy atom. The minimum absolute atomic E-state index is 0.0122. The number of aromatic nitrogens is 1. The Balaban J connectivity index is 2.09. The molecule has 1 amide bonds. The van der Waals surface area contributed by atoms with Gasteiger partial charge in [-0.3, -0.25) is 4.79 Å². The maximum atomic E-state index is 12.4. The number of carbonyl (C=O) groups is 1. The van der Waals surface area contributed by atoms with Gasteiger partial charge in [0.1, 0.15) is 5.69 Å². The first kappa shape index (κ1) is 14.3. The highest BCUT2D eigenvalue weighted by molar-refractivity contribution is 5.92. The molecule has 0 radical (unpaired) electrons. The van der Waals surface area contributed by atoms with E-state index in [1.807, 2.05) is 31.3 Å². The van der Waals surface area contributed by atoms with Crippen LogP contribution in [0.4, 0.5) is 0 Å². The molecule has 4 heteroatoms. The minimum Gasteiger partial charge on any atom is -0.383 e. The van der Waals surface area contributed by atoms with Crippen molar-refractivity contribution in [2.75, 3.05) is 20.8 Å². The lowest BCUT2D eigenvalue weighted by atomic mass is 10.1. The Labute approximate surface area is 119 Å². The van der Waals surface area contributed by atoms with Gasteiger partial charge in [-0.25, -0.2) is 0 Å². The standard InChI is InChI=1S/C16H20N2O2/c1-18(16(19)15-9-6-10-17-15)14(12-20-2)11-13-7-4-3-5-8-13/h3-10,14,17H,11-12H2,1-2H3/t14-/m0/s1. The van der Waals surface area contributed by atoms with E-state index in [0.717, 1.165) is 6.42 Å². The smallest absolute Gasteiger partial charge is 0.270 e. The summed E-state index contributed by atoms with van der Waals surface area (Å²) in [6, 6.07) is 13.7. The quantitative estimate of drug-likeness (QED) is 0.877. The van der Waals surface area contributed by atoms with Crippen molar-refractivity contribution >= 4 is 5.91 Å². The van der Waals surface area contributed by atoms with Crippen LogP contribution < -0.4 is 0 Å². The number of nitrogens with one attached hydrogen (secondary N) is 1. The third-order valence-corrected chi connectivity index (χ3v) is 3.37. The molecule has 4 nitrogen and oxygen atoms in total. The maximum absolute atomic E-state index is 12.4. The molecule has 0 bridgehead atoms. The van der Waals surface area contributed by atoms with Crippen LogP contribution in [0.15, 0.2) is 48.7 Å². The molecule has 0 fully saturated rings. The van der Waals surface area contributed by atoms with E-state index in [1.165, 1.54) is 5.56 Å². The number of nitrogens with zero attached hydrogens (tertiary/aromatic N) is 1. The summed E-state index contributed by atoms with van der Waals surface area (Å²) in [7, 11) is 3.47. The summed E-state index contributed by atoms with van der Waals surface area (Å²) in [4.78, 5) is 17.0. The van der Waals surface area contributed by atoms with Gasteiger partial charge in [0.15, 0.2) is 0 Å². The molecular formula is C16H20N2O2. The minimum atomic E-state index is -0.0204. The van der Waals surface area contributed by atoms with Crippen LogP contribution in [0.25, 0.3) is 0 Å². The van der Waals surface area contributed by atoms with Gasteiger partial charge in [-0.2, -0.15) is 0 Å². The lowest BCUT2D eigenvalue weighted by Gasteiger charge is -2.27. The summed E-state index contributed by atoms with van der Waals surface area (Å²) in [5, 5.41) is 0. The fourth-order valence-electron chi connectivity index (χ4n) is 2.21. The zero-order valence-corrected chi connectivity index (χ0v) is 11.9. The molecule has 0 aliphatic carbocycles.